The van der Waals surface area contributed by atoms with Crippen molar-refractivity contribution in [3.05, 3.63) is 29.8 Å². The maximum atomic E-state index is 12.0. The van der Waals surface area contributed by atoms with Crippen LogP contribution < -0.4 is 4.90 Å². The molecule has 0 bridgehead atoms. The zero-order chi connectivity index (χ0) is 14.7. The second-order valence-corrected chi connectivity index (χ2v) is 4.47. The molecule has 1 aromatic rings. The van der Waals surface area contributed by atoms with E-state index >= 15 is 0 Å². The minimum atomic E-state index is -0.469. The van der Waals surface area contributed by atoms with E-state index in [1.165, 1.54) is 19.1 Å². The number of rotatable bonds is 3. The average Bonchev–Trinajstić information content (AvgIpc) is 2.87. The highest BCUT2D eigenvalue weighted by molar-refractivity contribution is 6.00. The lowest BCUT2D eigenvalue weighted by atomic mass is 10.1. The van der Waals surface area contributed by atoms with Crippen molar-refractivity contribution in [3.8, 4) is 0 Å². The Balaban J connectivity index is 2.22. The summed E-state index contributed by atoms with van der Waals surface area (Å²) in [5.41, 5.74) is 0.934. The highest BCUT2D eigenvalue weighted by atomic mass is 16.5. The molecule has 0 spiro atoms. The number of amides is 1. The van der Waals surface area contributed by atoms with Gasteiger partial charge in [0.1, 0.15) is 0 Å². The standard InChI is InChI=1S/C14H15NO5/c1-19-13(17)9-4-3-5-11(6-9)15-8-10(7-12(15)16)14(18)20-2/h3-6,10H,7-8H2,1-2H3/t10-/m1/s1. The molecule has 1 heterocycles. The molecule has 1 fully saturated rings. The van der Waals surface area contributed by atoms with Crippen molar-refractivity contribution in [2.45, 2.75) is 6.42 Å². The predicted molar refractivity (Wildman–Crippen MR) is 70.3 cm³/mol. The molecule has 0 aliphatic carbocycles. The van der Waals surface area contributed by atoms with Gasteiger partial charge in [-0.3, -0.25) is 9.59 Å². The highest BCUT2D eigenvalue weighted by Crippen LogP contribution is 2.26. The van der Waals surface area contributed by atoms with E-state index in [9.17, 15) is 14.4 Å². The maximum Gasteiger partial charge on any atom is 0.337 e. The summed E-state index contributed by atoms with van der Waals surface area (Å²) in [6.45, 7) is 0.260. The Morgan fingerprint density at radius 1 is 1.25 bits per heavy atom. The first-order valence-corrected chi connectivity index (χ1v) is 6.13. The summed E-state index contributed by atoms with van der Waals surface area (Å²) in [6.07, 6.45) is 0.120. The van der Waals surface area contributed by atoms with Gasteiger partial charge in [0.2, 0.25) is 5.91 Å². The van der Waals surface area contributed by atoms with E-state index in [2.05, 4.69) is 9.47 Å². The van der Waals surface area contributed by atoms with E-state index in [4.69, 9.17) is 0 Å². The zero-order valence-electron chi connectivity index (χ0n) is 11.3. The van der Waals surface area contributed by atoms with Gasteiger partial charge in [-0.15, -0.1) is 0 Å². The molecule has 0 saturated carbocycles. The van der Waals surface area contributed by atoms with Crippen LogP contribution in [0.5, 0.6) is 0 Å². The molecule has 20 heavy (non-hydrogen) atoms. The second-order valence-electron chi connectivity index (χ2n) is 4.47. The maximum absolute atomic E-state index is 12.0. The average molecular weight is 277 g/mol. The van der Waals surface area contributed by atoms with Crippen molar-refractivity contribution >= 4 is 23.5 Å². The minimum absolute atomic E-state index is 0.120. The molecular weight excluding hydrogens is 262 g/mol. The van der Waals surface area contributed by atoms with Crippen LogP contribution in [0, 0.1) is 5.92 Å². The number of ether oxygens (including phenoxy) is 2. The van der Waals surface area contributed by atoms with Crippen LogP contribution in [0.15, 0.2) is 24.3 Å². The van der Waals surface area contributed by atoms with Crippen LogP contribution in [0.4, 0.5) is 5.69 Å². The van der Waals surface area contributed by atoms with E-state index in [-0.39, 0.29) is 18.9 Å². The molecule has 0 N–H and O–H groups in total. The van der Waals surface area contributed by atoms with Crippen LogP contribution in [0.2, 0.25) is 0 Å². The molecule has 0 aromatic heterocycles. The fourth-order valence-electron chi connectivity index (χ4n) is 2.20. The summed E-state index contributed by atoms with van der Waals surface area (Å²) in [5, 5.41) is 0. The number of benzene rings is 1. The Morgan fingerprint density at radius 3 is 2.65 bits per heavy atom. The van der Waals surface area contributed by atoms with Gasteiger partial charge in [-0.1, -0.05) is 6.07 Å². The third-order valence-electron chi connectivity index (χ3n) is 3.24. The van der Waals surface area contributed by atoms with Crippen molar-refractivity contribution < 1.29 is 23.9 Å². The fraction of sp³-hybridized carbons (Fsp3) is 0.357. The molecule has 2 rings (SSSR count). The van der Waals surface area contributed by atoms with Gasteiger partial charge in [0.25, 0.3) is 0 Å². The fourth-order valence-corrected chi connectivity index (χ4v) is 2.20. The Morgan fingerprint density at radius 2 is 2.00 bits per heavy atom. The number of esters is 2. The topological polar surface area (TPSA) is 72.9 Å². The van der Waals surface area contributed by atoms with E-state index in [1.54, 1.807) is 24.3 Å². The van der Waals surface area contributed by atoms with Crippen LogP contribution >= 0.6 is 0 Å². The van der Waals surface area contributed by atoms with Crippen LogP contribution in [0.3, 0.4) is 0 Å². The minimum Gasteiger partial charge on any atom is -0.469 e. The predicted octanol–water partition coefficient (Wildman–Crippen LogP) is 0.999. The summed E-state index contributed by atoms with van der Waals surface area (Å²) in [4.78, 5) is 36.4. The molecule has 1 aliphatic heterocycles. The molecule has 1 amide bonds. The van der Waals surface area contributed by atoms with E-state index in [1.807, 2.05) is 0 Å². The van der Waals surface area contributed by atoms with Crippen molar-refractivity contribution in [2.24, 2.45) is 5.92 Å². The van der Waals surface area contributed by atoms with Gasteiger partial charge in [-0.25, -0.2) is 4.79 Å². The largest absolute Gasteiger partial charge is 0.469 e. The molecule has 0 radical (unpaired) electrons. The van der Waals surface area contributed by atoms with Gasteiger partial charge in [-0.05, 0) is 18.2 Å². The summed E-state index contributed by atoms with van der Waals surface area (Å²) >= 11 is 0. The van der Waals surface area contributed by atoms with Crippen molar-refractivity contribution in [2.75, 3.05) is 25.7 Å². The summed E-state index contributed by atoms with van der Waals surface area (Å²) in [6, 6.07) is 6.56. The van der Waals surface area contributed by atoms with E-state index in [0.717, 1.165) is 0 Å². The third-order valence-corrected chi connectivity index (χ3v) is 3.24. The summed E-state index contributed by atoms with van der Waals surface area (Å²) in [7, 11) is 2.59. The lowest BCUT2D eigenvalue weighted by Crippen LogP contribution is -2.26. The Kier molecular flexibility index (Phi) is 4.02. The zero-order valence-corrected chi connectivity index (χ0v) is 11.3. The van der Waals surface area contributed by atoms with Crippen molar-refractivity contribution in [1.29, 1.82) is 0 Å². The molecule has 1 atom stereocenters. The molecule has 1 aromatic carbocycles. The quantitative estimate of drug-likeness (QED) is 0.771. The number of methoxy groups -OCH3 is 2. The number of carbonyl (C=O) groups excluding carboxylic acids is 3. The number of anilines is 1. The van der Waals surface area contributed by atoms with Gasteiger partial charge in [0, 0.05) is 18.7 Å². The Labute approximate surface area is 116 Å². The van der Waals surface area contributed by atoms with Crippen molar-refractivity contribution in [3.63, 3.8) is 0 Å². The smallest absolute Gasteiger partial charge is 0.337 e. The number of carbonyl (C=O) groups is 3. The summed E-state index contributed by atoms with van der Waals surface area (Å²) < 4.78 is 9.30. The van der Waals surface area contributed by atoms with Gasteiger partial charge in [0.05, 0.1) is 25.7 Å². The SMILES string of the molecule is COC(=O)c1cccc(N2C[C@H](C(=O)OC)CC2=O)c1. The molecule has 1 aliphatic rings. The molecule has 6 nitrogen and oxygen atoms in total. The first kappa shape index (κ1) is 14.0. The van der Waals surface area contributed by atoms with Gasteiger partial charge < -0.3 is 14.4 Å². The molecule has 6 heteroatoms. The van der Waals surface area contributed by atoms with E-state index in [0.29, 0.717) is 11.3 Å². The van der Waals surface area contributed by atoms with Crippen LogP contribution in [-0.4, -0.2) is 38.6 Å². The summed E-state index contributed by atoms with van der Waals surface area (Å²) in [5.74, 6) is -1.50. The van der Waals surface area contributed by atoms with Gasteiger partial charge in [0.15, 0.2) is 0 Å². The molecule has 106 valence electrons. The number of nitrogens with zero attached hydrogens (tertiary/aromatic N) is 1. The third kappa shape index (κ3) is 2.64. The Hall–Kier alpha value is -2.37. The second kappa shape index (κ2) is 5.73. The van der Waals surface area contributed by atoms with Gasteiger partial charge >= 0.3 is 11.9 Å². The lowest BCUT2D eigenvalue weighted by molar-refractivity contribution is -0.145. The monoisotopic (exact) mass is 277 g/mol. The molecule has 0 unspecified atom stereocenters. The first-order chi connectivity index (χ1) is 9.56. The van der Waals surface area contributed by atoms with Crippen LogP contribution in [-0.2, 0) is 19.1 Å². The highest BCUT2D eigenvalue weighted by Gasteiger charge is 2.35. The first-order valence-electron chi connectivity index (χ1n) is 6.13. The molecule has 1 saturated heterocycles. The normalized spacial score (nSPS) is 18.0. The molecular formula is C14H15NO5. The Bertz CT molecular complexity index is 554. The van der Waals surface area contributed by atoms with Crippen LogP contribution in [0.25, 0.3) is 0 Å². The number of hydrogen-bond acceptors (Lipinski definition) is 5. The van der Waals surface area contributed by atoms with E-state index < -0.39 is 17.9 Å². The van der Waals surface area contributed by atoms with Crippen LogP contribution in [0.1, 0.15) is 16.8 Å². The van der Waals surface area contributed by atoms with Gasteiger partial charge in [-0.2, -0.15) is 0 Å². The number of hydrogen-bond donors (Lipinski definition) is 0. The lowest BCUT2D eigenvalue weighted by Gasteiger charge is -2.17. The van der Waals surface area contributed by atoms with Crippen molar-refractivity contribution in [1.82, 2.24) is 0 Å².